The SMILES string of the molecule is CCCN1Cc2nccn2C[C@H](CNS(=O)(=O)c2ccccc2)C1. The van der Waals surface area contributed by atoms with Gasteiger partial charge in [-0.2, -0.15) is 0 Å². The standard InChI is InChI=1S/C17H24N4O2S/c1-2-9-20-12-15(13-21-10-8-18-17(21)14-20)11-19-24(22,23)16-6-4-3-5-7-16/h3-8,10,15,19H,2,9,11-14H2,1H3/t15-/m1/s1. The van der Waals surface area contributed by atoms with Crippen molar-refractivity contribution in [1.82, 2.24) is 19.2 Å². The van der Waals surface area contributed by atoms with E-state index in [1.807, 2.05) is 18.5 Å². The minimum atomic E-state index is -3.46. The van der Waals surface area contributed by atoms with Crippen molar-refractivity contribution in [3.8, 4) is 0 Å². The van der Waals surface area contributed by atoms with Crippen LogP contribution in [0.3, 0.4) is 0 Å². The van der Waals surface area contributed by atoms with E-state index in [1.54, 1.807) is 24.3 Å². The highest BCUT2D eigenvalue weighted by Gasteiger charge is 2.23. The smallest absolute Gasteiger partial charge is 0.240 e. The summed E-state index contributed by atoms with van der Waals surface area (Å²) in [6.07, 6.45) is 4.86. The first-order valence-electron chi connectivity index (χ1n) is 8.35. The predicted molar refractivity (Wildman–Crippen MR) is 92.9 cm³/mol. The van der Waals surface area contributed by atoms with Gasteiger partial charge in [0.1, 0.15) is 5.82 Å². The number of hydrogen-bond donors (Lipinski definition) is 1. The second-order valence-electron chi connectivity index (χ2n) is 6.26. The van der Waals surface area contributed by atoms with Crippen LogP contribution in [0.25, 0.3) is 0 Å². The van der Waals surface area contributed by atoms with Gasteiger partial charge < -0.3 is 4.57 Å². The lowest BCUT2D eigenvalue weighted by atomic mass is 10.1. The zero-order valence-corrected chi connectivity index (χ0v) is 14.7. The number of imidazole rings is 1. The summed E-state index contributed by atoms with van der Waals surface area (Å²) in [5.41, 5.74) is 0. The van der Waals surface area contributed by atoms with Gasteiger partial charge in [0.05, 0.1) is 11.4 Å². The maximum atomic E-state index is 12.4. The average molecular weight is 348 g/mol. The number of sulfonamides is 1. The maximum absolute atomic E-state index is 12.4. The Hall–Kier alpha value is -1.70. The zero-order valence-electron chi connectivity index (χ0n) is 13.9. The fourth-order valence-corrected chi connectivity index (χ4v) is 4.29. The molecule has 0 aliphatic carbocycles. The van der Waals surface area contributed by atoms with E-state index in [1.165, 1.54) is 0 Å². The molecule has 0 spiro atoms. The lowest BCUT2D eigenvalue weighted by Crippen LogP contribution is -2.36. The molecular formula is C17H24N4O2S. The summed E-state index contributed by atoms with van der Waals surface area (Å²) >= 11 is 0. The van der Waals surface area contributed by atoms with E-state index in [2.05, 4.69) is 26.1 Å². The van der Waals surface area contributed by atoms with Crippen molar-refractivity contribution in [3.63, 3.8) is 0 Å². The van der Waals surface area contributed by atoms with Crippen molar-refractivity contribution in [1.29, 1.82) is 0 Å². The van der Waals surface area contributed by atoms with Crippen LogP contribution in [0, 0.1) is 5.92 Å². The van der Waals surface area contributed by atoms with Gasteiger partial charge in [-0.1, -0.05) is 25.1 Å². The van der Waals surface area contributed by atoms with Crippen molar-refractivity contribution < 1.29 is 8.42 Å². The van der Waals surface area contributed by atoms with E-state index in [0.29, 0.717) is 11.4 Å². The maximum Gasteiger partial charge on any atom is 0.240 e. The molecule has 1 aromatic heterocycles. The largest absolute Gasteiger partial charge is 0.333 e. The number of nitrogens with zero attached hydrogens (tertiary/aromatic N) is 3. The highest BCUT2D eigenvalue weighted by Crippen LogP contribution is 2.16. The minimum absolute atomic E-state index is 0.213. The van der Waals surface area contributed by atoms with E-state index < -0.39 is 10.0 Å². The normalized spacial score (nSPS) is 19.0. The molecule has 0 unspecified atom stereocenters. The number of rotatable bonds is 6. The van der Waals surface area contributed by atoms with Crippen LogP contribution in [0.4, 0.5) is 0 Å². The molecule has 1 aliphatic heterocycles. The van der Waals surface area contributed by atoms with Gasteiger partial charge in [0.25, 0.3) is 0 Å². The number of nitrogens with one attached hydrogen (secondary N) is 1. The van der Waals surface area contributed by atoms with Crippen molar-refractivity contribution in [2.45, 2.75) is 31.3 Å². The van der Waals surface area contributed by atoms with Crippen molar-refractivity contribution >= 4 is 10.0 Å². The molecule has 0 bridgehead atoms. The van der Waals surface area contributed by atoms with Gasteiger partial charge in [-0.3, -0.25) is 4.90 Å². The Morgan fingerprint density at radius 1 is 1.25 bits per heavy atom. The second-order valence-corrected chi connectivity index (χ2v) is 8.03. The monoisotopic (exact) mass is 348 g/mol. The Morgan fingerprint density at radius 3 is 2.79 bits per heavy atom. The number of hydrogen-bond acceptors (Lipinski definition) is 4. The van der Waals surface area contributed by atoms with E-state index in [-0.39, 0.29) is 5.92 Å². The quantitative estimate of drug-likeness (QED) is 0.863. The topological polar surface area (TPSA) is 67.2 Å². The van der Waals surface area contributed by atoms with E-state index in [4.69, 9.17) is 0 Å². The van der Waals surface area contributed by atoms with E-state index in [0.717, 1.165) is 38.4 Å². The lowest BCUT2D eigenvalue weighted by Gasteiger charge is -2.23. The van der Waals surface area contributed by atoms with Crippen LogP contribution >= 0.6 is 0 Å². The fraction of sp³-hybridized carbons (Fsp3) is 0.471. The fourth-order valence-electron chi connectivity index (χ4n) is 3.15. The predicted octanol–water partition coefficient (Wildman–Crippen LogP) is 1.70. The highest BCUT2D eigenvalue weighted by molar-refractivity contribution is 7.89. The van der Waals surface area contributed by atoms with Crippen LogP contribution in [0.15, 0.2) is 47.6 Å². The van der Waals surface area contributed by atoms with Crippen molar-refractivity contribution in [2.24, 2.45) is 5.92 Å². The summed E-state index contributed by atoms with van der Waals surface area (Å²) < 4.78 is 29.7. The number of benzene rings is 1. The van der Waals surface area contributed by atoms with Gasteiger partial charge in [0.2, 0.25) is 10.0 Å². The molecule has 24 heavy (non-hydrogen) atoms. The van der Waals surface area contributed by atoms with Crippen LogP contribution < -0.4 is 4.72 Å². The molecule has 0 fully saturated rings. The molecule has 1 aromatic carbocycles. The summed E-state index contributed by atoms with van der Waals surface area (Å²) in [5.74, 6) is 1.27. The van der Waals surface area contributed by atoms with Crippen LogP contribution in [0.2, 0.25) is 0 Å². The molecule has 2 heterocycles. The third-order valence-corrected chi connectivity index (χ3v) is 5.73. The molecule has 0 radical (unpaired) electrons. The molecule has 0 amide bonds. The third kappa shape index (κ3) is 4.03. The molecule has 1 atom stereocenters. The number of aromatic nitrogens is 2. The summed E-state index contributed by atoms with van der Waals surface area (Å²) in [4.78, 5) is 7.09. The van der Waals surface area contributed by atoms with Gasteiger partial charge in [-0.15, -0.1) is 0 Å². The molecule has 6 nitrogen and oxygen atoms in total. The van der Waals surface area contributed by atoms with Crippen molar-refractivity contribution in [2.75, 3.05) is 19.6 Å². The van der Waals surface area contributed by atoms with Gasteiger partial charge in [-0.25, -0.2) is 18.1 Å². The minimum Gasteiger partial charge on any atom is -0.333 e. The first-order valence-corrected chi connectivity index (χ1v) is 9.84. The lowest BCUT2D eigenvalue weighted by molar-refractivity contribution is 0.229. The van der Waals surface area contributed by atoms with Crippen molar-refractivity contribution in [3.05, 3.63) is 48.5 Å². The van der Waals surface area contributed by atoms with Crippen LogP contribution in [-0.4, -0.2) is 42.5 Å². The van der Waals surface area contributed by atoms with Gasteiger partial charge in [-0.05, 0) is 25.1 Å². The van der Waals surface area contributed by atoms with Crippen LogP contribution in [0.5, 0.6) is 0 Å². The molecule has 1 N–H and O–H groups in total. The van der Waals surface area contributed by atoms with Crippen LogP contribution in [0.1, 0.15) is 19.2 Å². The summed E-state index contributed by atoms with van der Waals surface area (Å²) in [6.45, 7) is 6.05. The molecule has 7 heteroatoms. The molecular weight excluding hydrogens is 324 g/mol. The molecule has 0 saturated carbocycles. The highest BCUT2D eigenvalue weighted by atomic mass is 32.2. The third-order valence-electron chi connectivity index (χ3n) is 4.29. The first kappa shape index (κ1) is 17.1. The Kier molecular flexibility index (Phi) is 5.33. The molecule has 3 rings (SSSR count). The molecule has 0 saturated heterocycles. The Morgan fingerprint density at radius 2 is 2.04 bits per heavy atom. The number of fused-ring (bicyclic) bond motifs is 1. The molecule has 130 valence electrons. The molecule has 2 aromatic rings. The summed E-state index contributed by atoms with van der Waals surface area (Å²) in [7, 11) is -3.46. The zero-order chi connectivity index (χ0) is 17.0. The second kappa shape index (κ2) is 7.46. The van der Waals surface area contributed by atoms with Crippen LogP contribution in [-0.2, 0) is 23.1 Å². The van der Waals surface area contributed by atoms with Gasteiger partial charge in [0, 0.05) is 37.9 Å². The Labute approximate surface area is 143 Å². The Balaban J connectivity index is 1.70. The van der Waals surface area contributed by atoms with E-state index in [9.17, 15) is 8.42 Å². The van der Waals surface area contributed by atoms with Gasteiger partial charge >= 0.3 is 0 Å². The molecule has 1 aliphatic rings. The first-order chi connectivity index (χ1) is 11.6. The van der Waals surface area contributed by atoms with E-state index >= 15 is 0 Å². The summed E-state index contributed by atoms with van der Waals surface area (Å²) in [5, 5.41) is 0. The van der Waals surface area contributed by atoms with Gasteiger partial charge in [0.15, 0.2) is 0 Å². The Bertz CT molecular complexity index is 758. The average Bonchev–Trinajstić information content (AvgIpc) is 2.93. The summed E-state index contributed by atoms with van der Waals surface area (Å²) in [6, 6.07) is 8.52.